The van der Waals surface area contributed by atoms with Crippen molar-refractivity contribution in [3.05, 3.63) is 71.3 Å². The second-order valence-electron chi connectivity index (χ2n) is 9.15. The van der Waals surface area contributed by atoms with Gasteiger partial charge in [0, 0.05) is 31.2 Å². The number of piperidine rings is 1. The van der Waals surface area contributed by atoms with Gasteiger partial charge in [-0.25, -0.2) is 4.79 Å². The number of ether oxygens (including phenoxy) is 1. The number of halogens is 1. The highest BCUT2D eigenvalue weighted by Gasteiger charge is 2.52. The molecule has 0 radical (unpaired) electrons. The first-order chi connectivity index (χ1) is 13.5. The van der Waals surface area contributed by atoms with Gasteiger partial charge in [-0.05, 0) is 23.6 Å². The number of benzene rings is 2. The fourth-order valence-corrected chi connectivity index (χ4v) is 5.24. The molecule has 156 valence electrons. The van der Waals surface area contributed by atoms with E-state index < -0.39 is 0 Å². The largest absolute Gasteiger partial charge is 1.00 e. The summed E-state index contributed by atoms with van der Waals surface area (Å²) in [5.41, 5.74) is 3.48. The number of quaternary nitrogens is 1. The molecule has 2 aliphatic heterocycles. The number of esters is 1. The number of nitrogens with zero attached hydrogens (tertiary/aromatic N) is 1. The maximum absolute atomic E-state index is 12.5. The highest BCUT2D eigenvalue weighted by atomic mass is 79.9. The summed E-state index contributed by atoms with van der Waals surface area (Å²) in [6, 6.07) is 19.7. The van der Waals surface area contributed by atoms with Gasteiger partial charge >= 0.3 is 5.97 Å². The van der Waals surface area contributed by atoms with Crippen LogP contribution < -0.4 is 17.0 Å². The predicted molar refractivity (Wildman–Crippen MR) is 112 cm³/mol. The van der Waals surface area contributed by atoms with Crippen LogP contribution in [0, 0.1) is 0 Å². The molecule has 4 rings (SSSR count). The summed E-state index contributed by atoms with van der Waals surface area (Å²) in [5.74, 6) is 0.399. The van der Waals surface area contributed by atoms with Crippen molar-refractivity contribution >= 4 is 5.97 Å². The molecule has 3 nitrogen and oxygen atoms in total. The van der Waals surface area contributed by atoms with Crippen LogP contribution in [0.4, 0.5) is 0 Å². The second-order valence-corrected chi connectivity index (χ2v) is 9.15. The van der Waals surface area contributed by atoms with Crippen LogP contribution in [0.15, 0.2) is 54.6 Å². The molecule has 0 spiro atoms. The number of rotatable bonds is 5. The minimum Gasteiger partial charge on any atom is -1.00 e. The Bertz CT molecular complexity index is 804. The molecule has 2 atom stereocenters. The maximum Gasteiger partial charge on any atom is 0.338 e. The Hall–Kier alpha value is -1.65. The van der Waals surface area contributed by atoms with Gasteiger partial charge in [-0.2, -0.15) is 0 Å². The number of hydrogen-bond acceptors (Lipinski definition) is 2. The van der Waals surface area contributed by atoms with E-state index in [9.17, 15) is 4.79 Å². The van der Waals surface area contributed by atoms with Crippen molar-refractivity contribution in [1.29, 1.82) is 0 Å². The molecule has 2 saturated heterocycles. The van der Waals surface area contributed by atoms with Crippen LogP contribution >= 0.6 is 0 Å². The number of carbonyl (C=O) groups excluding carboxylic acids is 1. The third-order valence-electron chi connectivity index (χ3n) is 7.02. The molecule has 2 aromatic rings. The summed E-state index contributed by atoms with van der Waals surface area (Å²) >= 11 is 0. The molecule has 0 aliphatic carbocycles. The minimum atomic E-state index is -0.176. The minimum absolute atomic E-state index is 0. The smallest absolute Gasteiger partial charge is 0.338 e. The summed E-state index contributed by atoms with van der Waals surface area (Å²) < 4.78 is 6.99. The molecule has 4 heteroatoms. The number of carbonyl (C=O) groups is 1. The first-order valence-corrected chi connectivity index (χ1v) is 10.7. The zero-order chi connectivity index (χ0) is 19.7. The van der Waals surface area contributed by atoms with Gasteiger partial charge in [-0.15, -0.1) is 0 Å². The van der Waals surface area contributed by atoms with Gasteiger partial charge in [0.05, 0.1) is 24.7 Å². The third kappa shape index (κ3) is 4.59. The highest BCUT2D eigenvalue weighted by Crippen LogP contribution is 2.43. The lowest BCUT2D eigenvalue weighted by molar-refractivity contribution is -0.961. The Balaban J connectivity index is 0.00000240. The van der Waals surface area contributed by atoms with Crippen LogP contribution in [0.2, 0.25) is 0 Å². The average molecular weight is 458 g/mol. The molecule has 0 aromatic heterocycles. The maximum atomic E-state index is 12.5. The first kappa shape index (κ1) is 22.0. The SMILES string of the molecule is CC(C)c1ccc(C[N+]2(C)C3CCC2CC(OC(=O)c2ccccc2)C3)cc1.[Br-]. The van der Waals surface area contributed by atoms with Crippen LogP contribution in [-0.4, -0.2) is 35.7 Å². The van der Waals surface area contributed by atoms with Crippen molar-refractivity contribution in [3.63, 3.8) is 0 Å². The monoisotopic (exact) mass is 457 g/mol. The lowest BCUT2D eigenvalue weighted by atomic mass is 9.95. The zero-order valence-electron chi connectivity index (χ0n) is 17.7. The Morgan fingerprint density at radius 2 is 1.59 bits per heavy atom. The van der Waals surface area contributed by atoms with Gasteiger partial charge in [0.1, 0.15) is 12.6 Å². The average Bonchev–Trinajstić information content (AvgIpc) is 2.85. The predicted octanol–water partition coefficient (Wildman–Crippen LogP) is 2.31. The van der Waals surface area contributed by atoms with Gasteiger partial charge in [0.15, 0.2) is 0 Å². The Kier molecular flexibility index (Phi) is 6.85. The Labute approximate surface area is 185 Å². The van der Waals surface area contributed by atoms with Crippen LogP contribution in [-0.2, 0) is 11.3 Å². The molecular weight excluding hydrogens is 426 g/mol. The van der Waals surface area contributed by atoms with Gasteiger partial charge in [0.2, 0.25) is 0 Å². The van der Waals surface area contributed by atoms with Crippen LogP contribution in [0.5, 0.6) is 0 Å². The van der Waals surface area contributed by atoms with E-state index in [1.165, 1.54) is 24.0 Å². The van der Waals surface area contributed by atoms with E-state index in [-0.39, 0.29) is 29.1 Å². The summed E-state index contributed by atoms with van der Waals surface area (Å²) in [7, 11) is 2.41. The van der Waals surface area contributed by atoms with E-state index in [1.807, 2.05) is 30.3 Å². The summed E-state index contributed by atoms with van der Waals surface area (Å²) in [5, 5.41) is 0. The highest BCUT2D eigenvalue weighted by molar-refractivity contribution is 5.89. The van der Waals surface area contributed by atoms with Gasteiger partial charge in [0.25, 0.3) is 0 Å². The fraction of sp³-hybridized carbons (Fsp3) is 0.480. The second kappa shape index (κ2) is 9.01. The molecule has 2 bridgehead atoms. The lowest BCUT2D eigenvalue weighted by Gasteiger charge is -2.47. The molecule has 29 heavy (non-hydrogen) atoms. The standard InChI is InChI=1S/C25H32NO2.BrH/c1-18(2)20-11-9-19(10-12-20)17-26(3)22-13-14-23(26)16-24(15-22)28-25(27)21-7-5-4-6-8-21;/h4-12,18,22-24H,13-17H2,1-3H3;1H/q+1;/p-1. The number of hydrogen-bond donors (Lipinski definition) is 0. The lowest BCUT2D eigenvalue weighted by Crippen LogP contribution is -3.00. The molecule has 2 aliphatic rings. The van der Waals surface area contributed by atoms with Gasteiger partial charge in [-0.1, -0.05) is 56.3 Å². The third-order valence-corrected chi connectivity index (χ3v) is 7.02. The van der Waals surface area contributed by atoms with Crippen molar-refractivity contribution in [3.8, 4) is 0 Å². The van der Waals surface area contributed by atoms with Crippen molar-refractivity contribution in [2.45, 2.75) is 70.2 Å². The quantitative estimate of drug-likeness (QED) is 0.508. The van der Waals surface area contributed by atoms with E-state index in [1.54, 1.807) is 0 Å². The van der Waals surface area contributed by atoms with Crippen LogP contribution in [0.1, 0.15) is 66.9 Å². The molecule has 0 amide bonds. The molecule has 2 fully saturated rings. The normalized spacial score (nSPS) is 28.1. The topological polar surface area (TPSA) is 26.3 Å². The molecule has 0 saturated carbocycles. The Morgan fingerprint density at radius 3 is 2.14 bits per heavy atom. The van der Waals surface area contributed by atoms with E-state index >= 15 is 0 Å². The number of fused-ring (bicyclic) bond motifs is 2. The van der Waals surface area contributed by atoms with Gasteiger partial charge in [-0.3, -0.25) is 0 Å². The van der Waals surface area contributed by atoms with Crippen molar-refractivity contribution in [2.24, 2.45) is 0 Å². The van der Waals surface area contributed by atoms with Gasteiger partial charge < -0.3 is 26.2 Å². The molecule has 2 heterocycles. The first-order valence-electron chi connectivity index (χ1n) is 10.7. The van der Waals surface area contributed by atoms with Crippen molar-refractivity contribution in [2.75, 3.05) is 7.05 Å². The van der Waals surface area contributed by atoms with Crippen LogP contribution in [0.25, 0.3) is 0 Å². The van der Waals surface area contributed by atoms with Crippen molar-refractivity contribution < 1.29 is 31.0 Å². The molecule has 2 aromatic carbocycles. The summed E-state index contributed by atoms with van der Waals surface area (Å²) in [6.07, 6.45) is 4.50. The molecule has 0 N–H and O–H groups in total. The zero-order valence-corrected chi connectivity index (χ0v) is 19.3. The van der Waals surface area contributed by atoms with E-state index in [4.69, 9.17) is 4.74 Å². The molecular formula is C25H32BrNO2. The van der Waals surface area contributed by atoms with Crippen molar-refractivity contribution in [1.82, 2.24) is 0 Å². The van der Waals surface area contributed by atoms with E-state index in [0.717, 1.165) is 23.9 Å². The van der Waals surface area contributed by atoms with E-state index in [2.05, 4.69) is 45.2 Å². The fourth-order valence-electron chi connectivity index (χ4n) is 5.24. The summed E-state index contributed by atoms with van der Waals surface area (Å²) in [6.45, 7) is 5.56. The Morgan fingerprint density at radius 1 is 1.00 bits per heavy atom. The van der Waals surface area contributed by atoms with E-state index in [0.29, 0.717) is 23.6 Å². The summed E-state index contributed by atoms with van der Waals surface area (Å²) in [4.78, 5) is 12.5. The molecule has 2 unspecified atom stereocenters. The van der Waals surface area contributed by atoms with Crippen LogP contribution in [0.3, 0.4) is 0 Å².